The second kappa shape index (κ2) is 4.09. The fourth-order valence-corrected chi connectivity index (χ4v) is 2.12. The molecule has 1 aromatic rings. The summed E-state index contributed by atoms with van der Waals surface area (Å²) in [6.07, 6.45) is 4.69. The zero-order chi connectivity index (χ0) is 10.8. The SMILES string of the molecule is CCCn1c(C2CCC2)ccc(N)c1=O. The number of anilines is 1. The van der Waals surface area contributed by atoms with Gasteiger partial charge >= 0.3 is 0 Å². The number of nitrogens with zero attached hydrogens (tertiary/aromatic N) is 1. The van der Waals surface area contributed by atoms with Crippen LogP contribution in [0.15, 0.2) is 16.9 Å². The number of aromatic nitrogens is 1. The van der Waals surface area contributed by atoms with Gasteiger partial charge in [0.05, 0.1) is 5.69 Å². The Bertz CT molecular complexity index is 405. The molecule has 3 nitrogen and oxygen atoms in total. The summed E-state index contributed by atoms with van der Waals surface area (Å²) in [5, 5.41) is 0. The highest BCUT2D eigenvalue weighted by atomic mass is 16.1. The van der Waals surface area contributed by atoms with E-state index in [-0.39, 0.29) is 5.56 Å². The molecule has 2 rings (SSSR count). The highest BCUT2D eigenvalue weighted by Crippen LogP contribution is 2.35. The first kappa shape index (κ1) is 10.3. The van der Waals surface area contributed by atoms with Gasteiger partial charge in [-0.05, 0) is 37.3 Å². The van der Waals surface area contributed by atoms with Gasteiger partial charge in [0.2, 0.25) is 0 Å². The van der Waals surface area contributed by atoms with Crippen LogP contribution in [0, 0.1) is 0 Å². The molecule has 1 aliphatic rings. The van der Waals surface area contributed by atoms with E-state index in [1.54, 1.807) is 6.07 Å². The molecule has 2 N–H and O–H groups in total. The molecule has 0 bridgehead atoms. The Morgan fingerprint density at radius 3 is 2.73 bits per heavy atom. The van der Waals surface area contributed by atoms with Crippen molar-refractivity contribution < 1.29 is 0 Å². The molecule has 0 aliphatic heterocycles. The van der Waals surface area contributed by atoms with Crippen molar-refractivity contribution in [1.29, 1.82) is 0 Å². The van der Waals surface area contributed by atoms with Crippen LogP contribution in [0.25, 0.3) is 0 Å². The molecule has 0 spiro atoms. The van der Waals surface area contributed by atoms with E-state index in [0.717, 1.165) is 13.0 Å². The zero-order valence-corrected chi connectivity index (χ0v) is 9.20. The summed E-state index contributed by atoms with van der Waals surface area (Å²) in [6, 6.07) is 3.78. The Hall–Kier alpha value is -1.25. The van der Waals surface area contributed by atoms with Crippen molar-refractivity contribution in [3.63, 3.8) is 0 Å². The third-order valence-electron chi connectivity index (χ3n) is 3.21. The number of hydrogen-bond acceptors (Lipinski definition) is 2. The maximum Gasteiger partial charge on any atom is 0.273 e. The lowest BCUT2D eigenvalue weighted by atomic mass is 9.82. The van der Waals surface area contributed by atoms with Crippen LogP contribution in [0.1, 0.15) is 44.2 Å². The Labute approximate surface area is 89.9 Å². The van der Waals surface area contributed by atoms with E-state index in [2.05, 4.69) is 6.92 Å². The van der Waals surface area contributed by atoms with Gasteiger partial charge in [0, 0.05) is 12.2 Å². The van der Waals surface area contributed by atoms with Crippen molar-refractivity contribution in [2.24, 2.45) is 0 Å². The minimum absolute atomic E-state index is 0.0127. The summed E-state index contributed by atoms with van der Waals surface area (Å²) in [5.74, 6) is 0.588. The molecule has 0 atom stereocenters. The van der Waals surface area contributed by atoms with Crippen LogP contribution >= 0.6 is 0 Å². The molecule has 0 aromatic carbocycles. The lowest BCUT2D eigenvalue weighted by Crippen LogP contribution is -2.28. The molecular formula is C12H18N2O. The molecule has 0 radical (unpaired) electrons. The lowest BCUT2D eigenvalue weighted by molar-refractivity contribution is 0.390. The fourth-order valence-electron chi connectivity index (χ4n) is 2.12. The maximum atomic E-state index is 11.9. The quantitative estimate of drug-likeness (QED) is 0.823. The third-order valence-corrected chi connectivity index (χ3v) is 3.21. The smallest absolute Gasteiger partial charge is 0.273 e. The largest absolute Gasteiger partial charge is 0.394 e. The van der Waals surface area contributed by atoms with Crippen molar-refractivity contribution in [2.75, 3.05) is 5.73 Å². The molecule has 1 heterocycles. The number of nitrogen functional groups attached to an aromatic ring is 1. The van der Waals surface area contributed by atoms with Crippen molar-refractivity contribution in [3.05, 3.63) is 28.2 Å². The van der Waals surface area contributed by atoms with Gasteiger partial charge in [-0.15, -0.1) is 0 Å². The molecule has 82 valence electrons. The molecule has 1 aliphatic carbocycles. The molecule has 0 amide bonds. The van der Waals surface area contributed by atoms with Crippen molar-refractivity contribution in [3.8, 4) is 0 Å². The van der Waals surface area contributed by atoms with Gasteiger partial charge < -0.3 is 10.3 Å². The normalized spacial score (nSPS) is 16.3. The van der Waals surface area contributed by atoms with Gasteiger partial charge in [-0.25, -0.2) is 0 Å². The Morgan fingerprint density at radius 1 is 1.47 bits per heavy atom. The molecule has 1 saturated carbocycles. The Morgan fingerprint density at radius 2 is 2.20 bits per heavy atom. The van der Waals surface area contributed by atoms with E-state index in [1.807, 2.05) is 10.6 Å². The molecule has 0 saturated heterocycles. The average molecular weight is 206 g/mol. The van der Waals surface area contributed by atoms with E-state index < -0.39 is 0 Å². The summed E-state index contributed by atoms with van der Waals surface area (Å²) in [5.41, 5.74) is 7.18. The van der Waals surface area contributed by atoms with Crippen LogP contribution in [0.5, 0.6) is 0 Å². The van der Waals surface area contributed by atoms with Gasteiger partial charge in [-0.3, -0.25) is 4.79 Å². The first-order valence-corrected chi connectivity index (χ1v) is 5.73. The molecular weight excluding hydrogens is 188 g/mol. The highest BCUT2D eigenvalue weighted by molar-refractivity contribution is 5.36. The van der Waals surface area contributed by atoms with Gasteiger partial charge in [0.1, 0.15) is 0 Å². The van der Waals surface area contributed by atoms with Gasteiger partial charge in [-0.1, -0.05) is 13.3 Å². The lowest BCUT2D eigenvalue weighted by Gasteiger charge is -2.28. The second-order valence-corrected chi connectivity index (χ2v) is 4.30. The van der Waals surface area contributed by atoms with E-state index in [1.165, 1.54) is 25.0 Å². The standard InChI is InChI=1S/C12H18N2O/c1-2-8-14-11(9-4-3-5-9)7-6-10(13)12(14)15/h6-7,9H,2-5,8,13H2,1H3. The summed E-state index contributed by atoms with van der Waals surface area (Å²) < 4.78 is 1.86. The van der Waals surface area contributed by atoms with Crippen molar-refractivity contribution >= 4 is 5.69 Å². The Kier molecular flexibility index (Phi) is 2.80. The molecule has 1 fully saturated rings. The van der Waals surface area contributed by atoms with Crippen molar-refractivity contribution in [1.82, 2.24) is 4.57 Å². The summed E-state index contributed by atoms with van der Waals surface area (Å²) >= 11 is 0. The third kappa shape index (κ3) is 1.78. The summed E-state index contributed by atoms with van der Waals surface area (Å²) in [6.45, 7) is 2.87. The predicted molar refractivity (Wildman–Crippen MR) is 62.0 cm³/mol. The first-order chi connectivity index (χ1) is 7.24. The number of pyridine rings is 1. The maximum absolute atomic E-state index is 11.9. The summed E-state index contributed by atoms with van der Waals surface area (Å²) in [4.78, 5) is 11.9. The van der Waals surface area contributed by atoms with Crippen LogP contribution in [-0.2, 0) is 6.54 Å². The monoisotopic (exact) mass is 206 g/mol. The fraction of sp³-hybridized carbons (Fsp3) is 0.583. The zero-order valence-electron chi connectivity index (χ0n) is 9.20. The number of rotatable bonds is 3. The van der Waals surface area contributed by atoms with E-state index in [4.69, 9.17) is 5.73 Å². The van der Waals surface area contributed by atoms with E-state index >= 15 is 0 Å². The number of hydrogen-bond donors (Lipinski definition) is 1. The second-order valence-electron chi connectivity index (χ2n) is 4.30. The van der Waals surface area contributed by atoms with Crippen LogP contribution < -0.4 is 11.3 Å². The van der Waals surface area contributed by atoms with Gasteiger partial charge in [0.25, 0.3) is 5.56 Å². The number of nitrogens with two attached hydrogens (primary N) is 1. The van der Waals surface area contributed by atoms with E-state index in [9.17, 15) is 4.79 Å². The summed E-state index contributed by atoms with van der Waals surface area (Å²) in [7, 11) is 0. The first-order valence-electron chi connectivity index (χ1n) is 5.73. The van der Waals surface area contributed by atoms with Gasteiger partial charge in [-0.2, -0.15) is 0 Å². The predicted octanol–water partition coefficient (Wildman–Crippen LogP) is 2.11. The minimum Gasteiger partial charge on any atom is -0.394 e. The van der Waals surface area contributed by atoms with Crippen molar-refractivity contribution in [2.45, 2.75) is 45.1 Å². The molecule has 15 heavy (non-hydrogen) atoms. The molecule has 0 unspecified atom stereocenters. The highest BCUT2D eigenvalue weighted by Gasteiger charge is 2.22. The van der Waals surface area contributed by atoms with E-state index in [0.29, 0.717) is 11.6 Å². The molecule has 1 aromatic heterocycles. The molecule has 3 heteroatoms. The van der Waals surface area contributed by atoms with Gasteiger partial charge in [0.15, 0.2) is 0 Å². The van der Waals surface area contributed by atoms with Crippen LogP contribution in [0.2, 0.25) is 0 Å². The topological polar surface area (TPSA) is 48.0 Å². The van der Waals surface area contributed by atoms with Crippen LogP contribution in [-0.4, -0.2) is 4.57 Å². The van der Waals surface area contributed by atoms with Crippen LogP contribution in [0.4, 0.5) is 5.69 Å². The minimum atomic E-state index is -0.0127. The average Bonchev–Trinajstić information content (AvgIpc) is 2.14. The van der Waals surface area contributed by atoms with Crippen LogP contribution in [0.3, 0.4) is 0 Å². The Balaban J connectivity index is 2.43.